The minimum Gasteiger partial charge on any atom is -0.399 e. The number of rotatable bonds is 6. The Hall–Kier alpha value is -3.60. The van der Waals surface area contributed by atoms with Gasteiger partial charge in [0.15, 0.2) is 0 Å². The van der Waals surface area contributed by atoms with Gasteiger partial charge in [0.05, 0.1) is 23.7 Å². The lowest BCUT2D eigenvalue weighted by molar-refractivity contribution is -0.115. The van der Waals surface area contributed by atoms with Crippen LogP contribution in [-0.4, -0.2) is 11.8 Å². The molecule has 3 rings (SSSR count). The van der Waals surface area contributed by atoms with Crippen LogP contribution in [0.5, 0.6) is 0 Å². The number of nitrogen functional groups attached to an aromatic ring is 1. The highest BCUT2D eigenvalue weighted by Gasteiger charge is 2.16. The highest BCUT2D eigenvalue weighted by Crippen LogP contribution is 2.18. The van der Waals surface area contributed by atoms with Crippen LogP contribution in [-0.2, 0) is 11.2 Å². The fourth-order valence-electron chi connectivity index (χ4n) is 2.90. The van der Waals surface area contributed by atoms with Crippen molar-refractivity contribution in [1.82, 2.24) is 5.32 Å². The molecule has 0 aliphatic carbocycles. The van der Waals surface area contributed by atoms with Gasteiger partial charge in [0.2, 0.25) is 5.91 Å². The third-order valence-corrected chi connectivity index (χ3v) is 4.44. The second-order valence-electron chi connectivity index (χ2n) is 6.62. The Kier molecular flexibility index (Phi) is 6.07. The zero-order chi connectivity index (χ0) is 19.9. The van der Waals surface area contributed by atoms with E-state index in [0.717, 1.165) is 11.1 Å². The van der Waals surface area contributed by atoms with Crippen LogP contribution < -0.4 is 16.4 Å². The molecule has 0 fully saturated rings. The van der Waals surface area contributed by atoms with Crippen LogP contribution in [0.15, 0.2) is 78.9 Å². The molecule has 3 aromatic carbocycles. The van der Waals surface area contributed by atoms with E-state index in [1.165, 1.54) is 0 Å². The predicted molar refractivity (Wildman–Crippen MR) is 112 cm³/mol. The molecular formula is C23H23N3O2. The average Bonchev–Trinajstić information content (AvgIpc) is 2.70. The first-order valence-corrected chi connectivity index (χ1v) is 9.12. The first-order valence-electron chi connectivity index (χ1n) is 9.12. The number of carbonyl (C=O) groups excluding carboxylic acids is 2. The molecule has 5 heteroatoms. The van der Waals surface area contributed by atoms with Gasteiger partial charge < -0.3 is 16.4 Å². The number of hydrogen-bond acceptors (Lipinski definition) is 3. The van der Waals surface area contributed by atoms with Gasteiger partial charge in [-0.1, -0.05) is 54.6 Å². The summed E-state index contributed by atoms with van der Waals surface area (Å²) in [6.07, 6.45) is 0.205. The van der Waals surface area contributed by atoms with Gasteiger partial charge in [-0.15, -0.1) is 0 Å². The molecule has 0 aliphatic rings. The largest absolute Gasteiger partial charge is 0.399 e. The van der Waals surface area contributed by atoms with Crippen molar-refractivity contribution in [3.05, 3.63) is 95.6 Å². The van der Waals surface area contributed by atoms with E-state index in [1.54, 1.807) is 36.4 Å². The van der Waals surface area contributed by atoms with Gasteiger partial charge in [0.1, 0.15) is 0 Å². The summed E-state index contributed by atoms with van der Waals surface area (Å²) in [5, 5.41) is 5.81. The minimum atomic E-state index is -0.236. The van der Waals surface area contributed by atoms with Crippen LogP contribution in [0.25, 0.3) is 0 Å². The highest BCUT2D eigenvalue weighted by atomic mass is 16.2. The summed E-state index contributed by atoms with van der Waals surface area (Å²) in [6.45, 7) is 1.93. The Labute approximate surface area is 164 Å². The highest BCUT2D eigenvalue weighted by molar-refractivity contribution is 6.04. The van der Waals surface area contributed by atoms with Gasteiger partial charge in [-0.25, -0.2) is 0 Å². The fourth-order valence-corrected chi connectivity index (χ4v) is 2.90. The minimum absolute atomic E-state index is 0.146. The standard InChI is InChI=1S/C23H23N3O2/c1-16(18-7-3-2-4-8-18)25-23(28)20-9-5-6-10-21(20)26-22(27)15-17-11-13-19(24)14-12-17/h2-14,16H,15,24H2,1H3,(H,25,28)(H,26,27). The van der Waals surface area contributed by atoms with Gasteiger partial charge in [-0.05, 0) is 42.3 Å². The smallest absolute Gasteiger partial charge is 0.253 e. The Morgan fingerprint density at radius 2 is 1.54 bits per heavy atom. The van der Waals surface area contributed by atoms with E-state index < -0.39 is 0 Å². The second-order valence-corrected chi connectivity index (χ2v) is 6.62. The molecule has 0 saturated heterocycles. The van der Waals surface area contributed by atoms with E-state index in [1.807, 2.05) is 49.4 Å². The van der Waals surface area contributed by atoms with Crippen LogP contribution in [0.2, 0.25) is 0 Å². The van der Waals surface area contributed by atoms with Crippen molar-refractivity contribution < 1.29 is 9.59 Å². The number of carbonyl (C=O) groups is 2. The zero-order valence-electron chi connectivity index (χ0n) is 15.7. The number of para-hydroxylation sites is 1. The summed E-state index contributed by atoms with van der Waals surface area (Å²) < 4.78 is 0. The third kappa shape index (κ3) is 4.98. The van der Waals surface area contributed by atoms with E-state index in [4.69, 9.17) is 5.73 Å². The number of nitrogens with one attached hydrogen (secondary N) is 2. The Balaban J connectivity index is 1.69. The molecule has 1 unspecified atom stereocenters. The lowest BCUT2D eigenvalue weighted by Crippen LogP contribution is -2.28. The molecule has 3 aromatic rings. The van der Waals surface area contributed by atoms with Crippen molar-refractivity contribution in [3.63, 3.8) is 0 Å². The van der Waals surface area contributed by atoms with Crippen LogP contribution in [0.4, 0.5) is 11.4 Å². The van der Waals surface area contributed by atoms with Crippen molar-refractivity contribution in [2.24, 2.45) is 0 Å². The first kappa shape index (κ1) is 19.2. The van der Waals surface area contributed by atoms with Gasteiger partial charge >= 0.3 is 0 Å². The summed E-state index contributed by atoms with van der Waals surface area (Å²) >= 11 is 0. The topological polar surface area (TPSA) is 84.2 Å². The number of benzene rings is 3. The predicted octanol–water partition coefficient (Wildman–Crippen LogP) is 3.94. The maximum atomic E-state index is 12.8. The van der Waals surface area contributed by atoms with E-state index in [9.17, 15) is 9.59 Å². The Morgan fingerprint density at radius 3 is 2.25 bits per heavy atom. The summed E-state index contributed by atoms with van der Waals surface area (Å²) in [5.41, 5.74) is 9.10. The molecule has 1 atom stereocenters. The summed E-state index contributed by atoms with van der Waals surface area (Å²) in [4.78, 5) is 25.2. The quantitative estimate of drug-likeness (QED) is 0.572. The normalized spacial score (nSPS) is 11.5. The van der Waals surface area contributed by atoms with E-state index in [-0.39, 0.29) is 24.3 Å². The molecule has 5 nitrogen and oxygen atoms in total. The molecule has 0 aliphatic heterocycles. The van der Waals surface area contributed by atoms with E-state index in [0.29, 0.717) is 16.9 Å². The van der Waals surface area contributed by atoms with Crippen molar-refractivity contribution in [3.8, 4) is 0 Å². The molecule has 0 radical (unpaired) electrons. The van der Waals surface area contributed by atoms with Crippen LogP contribution >= 0.6 is 0 Å². The Bertz CT molecular complexity index is 953. The third-order valence-electron chi connectivity index (χ3n) is 4.44. The Morgan fingerprint density at radius 1 is 0.893 bits per heavy atom. The molecule has 0 bridgehead atoms. The van der Waals surface area contributed by atoms with Crippen molar-refractivity contribution in [2.45, 2.75) is 19.4 Å². The number of amides is 2. The van der Waals surface area contributed by atoms with Gasteiger partial charge in [0, 0.05) is 5.69 Å². The van der Waals surface area contributed by atoms with Crippen LogP contribution in [0, 0.1) is 0 Å². The number of anilines is 2. The molecule has 4 N–H and O–H groups in total. The molecule has 0 aromatic heterocycles. The second kappa shape index (κ2) is 8.86. The molecule has 0 saturated carbocycles. The van der Waals surface area contributed by atoms with Crippen molar-refractivity contribution in [1.29, 1.82) is 0 Å². The first-order chi connectivity index (χ1) is 13.5. The number of hydrogen-bond donors (Lipinski definition) is 3. The zero-order valence-corrected chi connectivity index (χ0v) is 15.7. The van der Waals surface area contributed by atoms with Gasteiger partial charge in [0.25, 0.3) is 5.91 Å². The fraction of sp³-hybridized carbons (Fsp3) is 0.130. The molecular weight excluding hydrogens is 350 g/mol. The van der Waals surface area contributed by atoms with Gasteiger partial charge in [-0.2, -0.15) is 0 Å². The summed E-state index contributed by atoms with van der Waals surface area (Å²) in [6, 6.07) is 23.7. The van der Waals surface area contributed by atoms with Crippen molar-refractivity contribution in [2.75, 3.05) is 11.1 Å². The number of nitrogens with two attached hydrogens (primary N) is 1. The van der Waals surface area contributed by atoms with E-state index >= 15 is 0 Å². The summed E-state index contributed by atoms with van der Waals surface area (Å²) in [5.74, 6) is -0.430. The lowest BCUT2D eigenvalue weighted by atomic mass is 10.1. The molecule has 28 heavy (non-hydrogen) atoms. The molecule has 2 amide bonds. The van der Waals surface area contributed by atoms with E-state index in [2.05, 4.69) is 10.6 Å². The average molecular weight is 373 g/mol. The SMILES string of the molecule is CC(NC(=O)c1ccccc1NC(=O)Cc1ccc(N)cc1)c1ccccc1. The monoisotopic (exact) mass is 373 g/mol. The maximum absolute atomic E-state index is 12.8. The van der Waals surface area contributed by atoms with Crippen molar-refractivity contribution >= 4 is 23.2 Å². The molecule has 0 heterocycles. The lowest BCUT2D eigenvalue weighted by Gasteiger charge is -2.16. The summed E-state index contributed by atoms with van der Waals surface area (Å²) in [7, 11) is 0. The molecule has 0 spiro atoms. The molecule has 142 valence electrons. The maximum Gasteiger partial charge on any atom is 0.253 e. The van der Waals surface area contributed by atoms with Crippen LogP contribution in [0.1, 0.15) is 34.5 Å². The van der Waals surface area contributed by atoms with Gasteiger partial charge in [-0.3, -0.25) is 9.59 Å². The van der Waals surface area contributed by atoms with Crippen LogP contribution in [0.3, 0.4) is 0 Å².